The Kier molecular flexibility index (Phi) is 5.19. The molecule has 0 saturated carbocycles. The monoisotopic (exact) mass is 348 g/mol. The van der Waals surface area contributed by atoms with Gasteiger partial charge in [-0.15, -0.1) is 0 Å². The fraction of sp³-hybridized carbons (Fsp3) is 0.167. The summed E-state index contributed by atoms with van der Waals surface area (Å²) in [5, 5.41) is 22.4. The number of amides is 1. The van der Waals surface area contributed by atoms with Crippen LogP contribution in [0.1, 0.15) is 32.9 Å². The summed E-state index contributed by atoms with van der Waals surface area (Å²) < 4.78 is 4.61. The Morgan fingerprint density at radius 2 is 2.12 bits per heavy atom. The van der Waals surface area contributed by atoms with E-state index in [2.05, 4.69) is 36.6 Å². The van der Waals surface area contributed by atoms with Crippen molar-refractivity contribution in [1.29, 1.82) is 5.26 Å². The van der Waals surface area contributed by atoms with Gasteiger partial charge in [-0.25, -0.2) is 9.61 Å². The predicted molar refractivity (Wildman–Crippen MR) is 92.9 cm³/mol. The average molecular weight is 348 g/mol. The van der Waals surface area contributed by atoms with Gasteiger partial charge in [-0.1, -0.05) is 22.4 Å². The molecule has 2 heterocycles. The molecule has 0 fully saturated rings. The van der Waals surface area contributed by atoms with Crippen LogP contribution < -0.4 is 10.6 Å². The van der Waals surface area contributed by atoms with Crippen molar-refractivity contribution in [2.45, 2.75) is 20.0 Å². The molecule has 0 unspecified atom stereocenters. The molecule has 0 aliphatic rings. The molecule has 0 radical (unpaired) electrons. The number of pyridine rings is 1. The summed E-state index contributed by atoms with van der Waals surface area (Å²) in [6, 6.07) is 12.7. The lowest BCUT2D eigenvalue weighted by Gasteiger charge is -2.09. The zero-order chi connectivity index (χ0) is 18.4. The third-order valence-corrected chi connectivity index (χ3v) is 3.74. The standard InChI is InChI=1S/C18H16N6O2/c1-12-16(24-26-23-12)11-22-18(25)14-5-2-4-13(8-14)10-21-17-15(9-19)6-3-7-20-17/h2-8H,10-11H2,1H3,(H,20,21)(H,22,25). The van der Waals surface area contributed by atoms with Crippen molar-refractivity contribution in [3.63, 3.8) is 0 Å². The number of benzene rings is 1. The van der Waals surface area contributed by atoms with E-state index in [4.69, 9.17) is 5.26 Å². The lowest BCUT2D eigenvalue weighted by Crippen LogP contribution is -2.23. The van der Waals surface area contributed by atoms with Crippen LogP contribution >= 0.6 is 0 Å². The number of anilines is 1. The van der Waals surface area contributed by atoms with Crippen molar-refractivity contribution in [1.82, 2.24) is 20.6 Å². The van der Waals surface area contributed by atoms with Gasteiger partial charge in [-0.2, -0.15) is 5.26 Å². The molecular formula is C18H16N6O2. The van der Waals surface area contributed by atoms with Gasteiger partial charge in [0.25, 0.3) is 5.91 Å². The third kappa shape index (κ3) is 4.02. The normalized spacial score (nSPS) is 10.2. The first-order chi connectivity index (χ1) is 12.7. The molecule has 8 nitrogen and oxygen atoms in total. The van der Waals surface area contributed by atoms with E-state index < -0.39 is 0 Å². The maximum atomic E-state index is 12.3. The molecule has 2 N–H and O–H groups in total. The van der Waals surface area contributed by atoms with Crippen molar-refractivity contribution in [3.8, 4) is 6.07 Å². The Balaban J connectivity index is 1.63. The fourth-order valence-corrected chi connectivity index (χ4v) is 2.32. The predicted octanol–water partition coefficient (Wildman–Crippen LogP) is 2.19. The van der Waals surface area contributed by atoms with Gasteiger partial charge in [-0.05, 0) is 36.8 Å². The number of carbonyl (C=O) groups excluding carboxylic acids is 1. The second kappa shape index (κ2) is 7.90. The zero-order valence-electron chi connectivity index (χ0n) is 14.1. The van der Waals surface area contributed by atoms with Crippen LogP contribution in [0, 0.1) is 18.3 Å². The van der Waals surface area contributed by atoms with Gasteiger partial charge in [0.15, 0.2) is 0 Å². The molecule has 0 saturated heterocycles. The summed E-state index contributed by atoms with van der Waals surface area (Å²) in [5.41, 5.74) is 3.13. The number of aryl methyl sites for hydroxylation is 1. The van der Waals surface area contributed by atoms with Gasteiger partial charge in [-0.3, -0.25) is 4.79 Å². The highest BCUT2D eigenvalue weighted by atomic mass is 16.6. The van der Waals surface area contributed by atoms with Crippen LogP contribution in [0.15, 0.2) is 47.2 Å². The van der Waals surface area contributed by atoms with Gasteiger partial charge in [0.05, 0.1) is 12.1 Å². The minimum atomic E-state index is -0.218. The average Bonchev–Trinajstić information content (AvgIpc) is 3.09. The molecular weight excluding hydrogens is 332 g/mol. The Morgan fingerprint density at radius 1 is 1.23 bits per heavy atom. The maximum Gasteiger partial charge on any atom is 0.251 e. The molecule has 0 spiro atoms. The largest absolute Gasteiger partial charge is 0.365 e. The van der Waals surface area contributed by atoms with Gasteiger partial charge < -0.3 is 10.6 Å². The number of hydrogen-bond acceptors (Lipinski definition) is 7. The van der Waals surface area contributed by atoms with Crippen LogP contribution in [-0.4, -0.2) is 21.2 Å². The molecule has 130 valence electrons. The van der Waals surface area contributed by atoms with Crippen LogP contribution in [0.25, 0.3) is 0 Å². The van der Waals surface area contributed by atoms with Crippen LogP contribution in [-0.2, 0) is 13.1 Å². The maximum absolute atomic E-state index is 12.3. The van der Waals surface area contributed by atoms with E-state index in [1.54, 1.807) is 43.5 Å². The summed E-state index contributed by atoms with van der Waals surface area (Å²) in [6.07, 6.45) is 1.62. The first kappa shape index (κ1) is 17.1. The van der Waals surface area contributed by atoms with Crippen LogP contribution in [0.5, 0.6) is 0 Å². The summed E-state index contributed by atoms with van der Waals surface area (Å²) >= 11 is 0. The molecule has 0 aliphatic heterocycles. The molecule has 3 aromatic rings. The number of nitrogens with zero attached hydrogens (tertiary/aromatic N) is 4. The summed E-state index contributed by atoms with van der Waals surface area (Å²) in [7, 11) is 0. The summed E-state index contributed by atoms with van der Waals surface area (Å²) in [4.78, 5) is 16.5. The minimum absolute atomic E-state index is 0.218. The van der Waals surface area contributed by atoms with Crippen molar-refractivity contribution < 1.29 is 9.42 Å². The fourth-order valence-electron chi connectivity index (χ4n) is 2.32. The molecule has 2 aromatic heterocycles. The molecule has 1 amide bonds. The van der Waals surface area contributed by atoms with E-state index in [-0.39, 0.29) is 12.5 Å². The third-order valence-electron chi connectivity index (χ3n) is 3.74. The summed E-state index contributed by atoms with van der Waals surface area (Å²) in [6.45, 7) is 2.45. The number of carbonyl (C=O) groups is 1. The van der Waals surface area contributed by atoms with E-state index in [0.717, 1.165) is 5.56 Å². The molecule has 0 bridgehead atoms. The minimum Gasteiger partial charge on any atom is -0.365 e. The molecule has 0 aliphatic carbocycles. The van der Waals surface area contributed by atoms with E-state index >= 15 is 0 Å². The topological polar surface area (TPSA) is 117 Å². The molecule has 1 aromatic carbocycles. The number of nitrogens with one attached hydrogen (secondary N) is 2. The van der Waals surface area contributed by atoms with E-state index in [1.165, 1.54) is 0 Å². The number of nitriles is 1. The number of hydrogen-bond donors (Lipinski definition) is 2. The van der Waals surface area contributed by atoms with Gasteiger partial charge in [0, 0.05) is 18.3 Å². The number of rotatable bonds is 6. The first-order valence-electron chi connectivity index (χ1n) is 7.91. The van der Waals surface area contributed by atoms with Crippen LogP contribution in [0.3, 0.4) is 0 Å². The SMILES string of the molecule is Cc1nonc1CNC(=O)c1cccc(CNc2ncccc2C#N)c1. The van der Waals surface area contributed by atoms with E-state index in [0.29, 0.717) is 34.9 Å². The lowest BCUT2D eigenvalue weighted by molar-refractivity contribution is 0.0950. The molecule has 8 heteroatoms. The highest BCUT2D eigenvalue weighted by molar-refractivity contribution is 5.94. The van der Waals surface area contributed by atoms with E-state index in [9.17, 15) is 4.79 Å². The van der Waals surface area contributed by atoms with Crippen molar-refractivity contribution in [2.24, 2.45) is 0 Å². The Bertz CT molecular complexity index is 960. The highest BCUT2D eigenvalue weighted by Gasteiger charge is 2.10. The smallest absolute Gasteiger partial charge is 0.251 e. The molecule has 3 rings (SSSR count). The van der Waals surface area contributed by atoms with Crippen molar-refractivity contribution in [3.05, 3.63) is 70.7 Å². The Labute approximate surface area is 149 Å². The van der Waals surface area contributed by atoms with Gasteiger partial charge in [0.1, 0.15) is 23.3 Å². The summed E-state index contributed by atoms with van der Waals surface area (Å²) in [5.74, 6) is 0.295. The van der Waals surface area contributed by atoms with Gasteiger partial charge >= 0.3 is 0 Å². The number of aromatic nitrogens is 3. The van der Waals surface area contributed by atoms with E-state index in [1.807, 2.05) is 6.07 Å². The first-order valence-corrected chi connectivity index (χ1v) is 7.91. The molecule has 26 heavy (non-hydrogen) atoms. The Hall–Kier alpha value is -3.73. The quantitative estimate of drug-likeness (QED) is 0.701. The van der Waals surface area contributed by atoms with Crippen LogP contribution in [0.4, 0.5) is 5.82 Å². The second-order valence-corrected chi connectivity index (χ2v) is 5.54. The zero-order valence-corrected chi connectivity index (χ0v) is 14.1. The van der Waals surface area contributed by atoms with Gasteiger partial charge in [0.2, 0.25) is 0 Å². The second-order valence-electron chi connectivity index (χ2n) is 5.54. The van der Waals surface area contributed by atoms with Crippen molar-refractivity contribution in [2.75, 3.05) is 5.32 Å². The highest BCUT2D eigenvalue weighted by Crippen LogP contribution is 2.13. The van der Waals surface area contributed by atoms with Crippen molar-refractivity contribution >= 4 is 11.7 Å². The Morgan fingerprint density at radius 3 is 2.88 bits per heavy atom. The van der Waals surface area contributed by atoms with Crippen LogP contribution in [0.2, 0.25) is 0 Å². The lowest BCUT2D eigenvalue weighted by atomic mass is 10.1. The molecule has 0 atom stereocenters.